The van der Waals surface area contributed by atoms with E-state index in [4.69, 9.17) is 0 Å². The lowest BCUT2D eigenvalue weighted by atomic mass is 9.75. The Morgan fingerprint density at radius 1 is 0.804 bits per heavy atom. The van der Waals surface area contributed by atoms with Crippen LogP contribution in [0.15, 0.2) is 74.6 Å². The molecule has 0 aromatic heterocycles. The molecule has 0 spiro atoms. The number of rotatable bonds is 22. The zero-order valence-electron chi connectivity index (χ0n) is 32.2. The van der Waals surface area contributed by atoms with Crippen LogP contribution in [0.1, 0.15) is 65.7 Å². The first-order valence-corrected chi connectivity index (χ1v) is 20.8. The Balaban J connectivity index is 1.88. The van der Waals surface area contributed by atoms with E-state index >= 15 is 0 Å². The number of benzene rings is 2. The number of hydrogen-bond donors (Lipinski definition) is 2. The number of carboxylic acids is 1. The quantitative estimate of drug-likeness (QED) is 0.0701. The summed E-state index contributed by atoms with van der Waals surface area (Å²) in [4.78, 5) is 51.8. The maximum Gasteiger partial charge on any atom is 0.328 e. The Labute approximate surface area is 326 Å². The smallest absolute Gasteiger partial charge is 0.328 e. The van der Waals surface area contributed by atoms with Crippen LogP contribution in [0.25, 0.3) is 0 Å². The minimum absolute atomic E-state index is 0.0167. The highest BCUT2D eigenvalue weighted by Gasteiger charge is 2.36. The van der Waals surface area contributed by atoms with Gasteiger partial charge in [0, 0.05) is 56.9 Å². The number of unbranched alkanes of at least 4 members (excludes halogenated alkanes) is 1. The van der Waals surface area contributed by atoms with E-state index in [2.05, 4.69) is 4.99 Å². The number of ketones is 1. The number of aliphatic carboxylic acids is 1. The molecule has 1 aliphatic carbocycles. The van der Waals surface area contributed by atoms with Crippen molar-refractivity contribution in [1.29, 1.82) is 0 Å². The van der Waals surface area contributed by atoms with Crippen LogP contribution in [0.4, 0.5) is 11.4 Å². The minimum Gasteiger partial charge on any atom is -0.511 e. The molecule has 0 fully saturated rings. The Hall–Kier alpha value is -4.63. The van der Waals surface area contributed by atoms with Gasteiger partial charge in [0.15, 0.2) is 15.6 Å². The second kappa shape index (κ2) is 19.5. The average molecular weight is 823 g/mol. The molecule has 18 nitrogen and oxygen atoms in total. The molecule has 0 saturated carbocycles. The van der Waals surface area contributed by atoms with Gasteiger partial charge in [0.1, 0.15) is 11.8 Å². The molecule has 308 valence electrons. The second-order valence-electron chi connectivity index (χ2n) is 14.6. The number of para-hydroxylation sites is 2. The molecule has 56 heavy (non-hydrogen) atoms. The monoisotopic (exact) mass is 822 g/mol. The lowest BCUT2D eigenvalue weighted by Crippen LogP contribution is -2.38. The Bertz CT molecular complexity index is 2070. The number of carboxylic acid groups (broad SMARTS) is 1. The lowest BCUT2D eigenvalue weighted by Gasteiger charge is -2.29. The number of sulfonamides is 2. The summed E-state index contributed by atoms with van der Waals surface area (Å²) in [5, 5.41) is 44.0. The topological polar surface area (TPSA) is 251 Å². The highest BCUT2D eigenvalue weighted by Crippen LogP contribution is 2.36. The zero-order valence-corrected chi connectivity index (χ0v) is 33.8. The number of allylic oxidation sites excluding steroid dienone is 2. The van der Waals surface area contributed by atoms with Crippen molar-refractivity contribution >= 4 is 48.9 Å². The van der Waals surface area contributed by atoms with Gasteiger partial charge in [0.2, 0.25) is 20.0 Å². The number of carbonyl (C=O) groups is 2. The summed E-state index contributed by atoms with van der Waals surface area (Å²) in [6, 6.07) is 8.33. The van der Waals surface area contributed by atoms with Crippen LogP contribution < -0.4 is 0 Å². The standard InChI is InChI=1S/C36H50N6O12S2/c1-26(34-30(43)24-36(2,3)25-31(34)44)37-27(35(45)46)14-10-11-20-39(55(51,52)32-17-8-6-15-28(32)41(47)48)22-13-23-40(21-12-19-38(4)5)56(53,54)33-18-9-7-16-29(33)42(49)50/h6-9,15-18,27,43H,10-14,19-25H2,1-5H3,(H,45,46)/t27-/m0/s1. The van der Waals surface area contributed by atoms with Crippen molar-refractivity contribution in [3.8, 4) is 0 Å². The van der Waals surface area contributed by atoms with E-state index < -0.39 is 68.5 Å². The summed E-state index contributed by atoms with van der Waals surface area (Å²) < 4.78 is 57.7. The van der Waals surface area contributed by atoms with Crippen molar-refractivity contribution in [2.75, 3.05) is 46.8 Å². The van der Waals surface area contributed by atoms with Gasteiger partial charge in [-0.15, -0.1) is 0 Å². The van der Waals surface area contributed by atoms with Crippen LogP contribution in [0, 0.1) is 25.6 Å². The molecule has 1 atom stereocenters. The third-order valence-corrected chi connectivity index (χ3v) is 13.1. The van der Waals surface area contributed by atoms with E-state index in [1.807, 2.05) is 18.7 Å². The number of aliphatic imine (C=N–C) groups is 1. The molecule has 0 saturated heterocycles. The maximum absolute atomic E-state index is 14.0. The van der Waals surface area contributed by atoms with Gasteiger partial charge in [-0.3, -0.25) is 30.0 Å². The third kappa shape index (κ3) is 11.9. The van der Waals surface area contributed by atoms with Crippen molar-refractivity contribution in [2.24, 2.45) is 10.4 Å². The summed E-state index contributed by atoms with van der Waals surface area (Å²) in [6.45, 7) is 4.74. The Morgan fingerprint density at radius 3 is 1.68 bits per heavy atom. The molecule has 0 bridgehead atoms. The van der Waals surface area contributed by atoms with Gasteiger partial charge in [0.05, 0.1) is 15.4 Å². The summed E-state index contributed by atoms with van der Waals surface area (Å²) in [5.41, 5.74) is -1.70. The Kier molecular flexibility index (Phi) is 15.9. The normalized spacial score (nSPS) is 15.8. The molecular weight excluding hydrogens is 773 g/mol. The van der Waals surface area contributed by atoms with Crippen LogP contribution in [0.2, 0.25) is 0 Å². The van der Waals surface area contributed by atoms with Crippen molar-refractivity contribution in [3.05, 3.63) is 80.1 Å². The van der Waals surface area contributed by atoms with Crippen LogP contribution >= 0.6 is 0 Å². The fourth-order valence-electron chi connectivity index (χ4n) is 6.49. The van der Waals surface area contributed by atoms with Gasteiger partial charge in [-0.2, -0.15) is 8.61 Å². The van der Waals surface area contributed by atoms with Gasteiger partial charge >= 0.3 is 5.97 Å². The van der Waals surface area contributed by atoms with Crippen LogP contribution in [-0.4, -0.2) is 121 Å². The van der Waals surface area contributed by atoms with E-state index in [-0.39, 0.29) is 87.5 Å². The molecule has 0 amide bonds. The first-order valence-electron chi connectivity index (χ1n) is 17.9. The lowest BCUT2D eigenvalue weighted by molar-refractivity contribution is -0.388. The van der Waals surface area contributed by atoms with Gasteiger partial charge in [-0.25, -0.2) is 21.6 Å². The van der Waals surface area contributed by atoms with E-state index in [1.54, 1.807) is 14.1 Å². The predicted molar refractivity (Wildman–Crippen MR) is 208 cm³/mol. The Morgan fingerprint density at radius 2 is 1.25 bits per heavy atom. The van der Waals surface area contributed by atoms with Gasteiger partial charge in [-0.05, 0) is 77.2 Å². The zero-order chi connectivity index (χ0) is 42.0. The predicted octanol–water partition coefficient (Wildman–Crippen LogP) is 4.81. The molecule has 20 heteroatoms. The third-order valence-electron chi connectivity index (χ3n) is 9.17. The molecule has 0 heterocycles. The first kappa shape index (κ1) is 45.8. The number of hydrogen-bond acceptors (Lipinski definition) is 13. The summed E-state index contributed by atoms with van der Waals surface area (Å²) in [5.74, 6) is -1.82. The van der Waals surface area contributed by atoms with Crippen LogP contribution in [-0.2, 0) is 29.6 Å². The molecule has 1 aliphatic rings. The molecule has 2 N–H and O–H groups in total. The summed E-state index contributed by atoms with van der Waals surface area (Å²) >= 11 is 0. The van der Waals surface area contributed by atoms with E-state index in [9.17, 15) is 56.9 Å². The molecule has 0 radical (unpaired) electrons. The number of nitro benzene ring substituents is 2. The number of carbonyl (C=O) groups excluding carboxylic acids is 1. The summed E-state index contributed by atoms with van der Waals surface area (Å²) in [7, 11) is -5.43. The van der Waals surface area contributed by atoms with E-state index in [0.717, 1.165) is 32.9 Å². The van der Waals surface area contributed by atoms with E-state index in [1.165, 1.54) is 31.2 Å². The largest absolute Gasteiger partial charge is 0.511 e. The van der Waals surface area contributed by atoms with Crippen molar-refractivity contribution < 1.29 is 46.5 Å². The number of aliphatic hydroxyl groups excluding tert-OH is 1. The number of aliphatic hydroxyl groups is 1. The average Bonchev–Trinajstić information content (AvgIpc) is 3.09. The number of nitro groups is 2. The molecule has 0 unspecified atom stereocenters. The number of nitrogens with zero attached hydrogens (tertiary/aromatic N) is 6. The first-order chi connectivity index (χ1) is 26.1. The van der Waals surface area contributed by atoms with Crippen molar-refractivity contribution in [1.82, 2.24) is 13.5 Å². The minimum atomic E-state index is -4.57. The maximum atomic E-state index is 14.0. The van der Waals surface area contributed by atoms with Crippen LogP contribution in [0.5, 0.6) is 0 Å². The van der Waals surface area contributed by atoms with Gasteiger partial charge < -0.3 is 15.1 Å². The number of Topliss-reactive ketones (excluding diaryl/α,β-unsaturated/α-hetero) is 1. The summed E-state index contributed by atoms with van der Waals surface area (Å²) in [6.07, 6.45) is 0.716. The highest BCUT2D eigenvalue weighted by atomic mass is 32.2. The van der Waals surface area contributed by atoms with Crippen molar-refractivity contribution in [3.63, 3.8) is 0 Å². The van der Waals surface area contributed by atoms with Crippen molar-refractivity contribution in [2.45, 2.75) is 81.5 Å². The molecule has 0 aliphatic heterocycles. The highest BCUT2D eigenvalue weighted by molar-refractivity contribution is 7.89. The fraction of sp³-hybridized carbons (Fsp3) is 0.528. The molecular formula is C36H50N6O12S2. The molecule has 2 aromatic carbocycles. The van der Waals surface area contributed by atoms with Crippen LogP contribution in [0.3, 0.4) is 0 Å². The molecule has 2 aromatic rings. The SMILES string of the molecule is CC(=N[C@@H](CCCCN(CCCN(CCCN(C)C)S(=O)(=O)c1ccccc1[N+](=O)[O-])S(=O)(=O)c1ccccc1[N+](=O)[O-])C(=O)O)C1=C(O)CC(C)(C)CC1=O. The van der Waals surface area contributed by atoms with Gasteiger partial charge in [0.25, 0.3) is 11.4 Å². The van der Waals surface area contributed by atoms with Gasteiger partial charge in [-0.1, -0.05) is 38.1 Å². The van der Waals surface area contributed by atoms with E-state index in [0.29, 0.717) is 13.0 Å². The second-order valence-corrected chi connectivity index (χ2v) is 18.4. The molecule has 3 rings (SSSR count). The fourth-order valence-corrected chi connectivity index (χ4v) is 9.84.